The highest BCUT2D eigenvalue weighted by atomic mass is 19.4. The minimum absolute atomic E-state index is 0.0837. The summed E-state index contributed by atoms with van der Waals surface area (Å²) in [6.07, 6.45) is -3.17. The van der Waals surface area contributed by atoms with Gasteiger partial charge in [-0.3, -0.25) is 19.8 Å². The van der Waals surface area contributed by atoms with Crippen LogP contribution in [-0.2, 0) is 29.2 Å². The van der Waals surface area contributed by atoms with Crippen molar-refractivity contribution in [1.29, 1.82) is 0 Å². The Morgan fingerprint density at radius 3 is 2.57 bits per heavy atom. The zero-order valence-corrected chi connectivity index (χ0v) is 25.1. The van der Waals surface area contributed by atoms with Gasteiger partial charge in [-0.05, 0) is 73.7 Å². The number of ether oxygens (including phenoxy) is 1. The van der Waals surface area contributed by atoms with Gasteiger partial charge < -0.3 is 14.7 Å². The van der Waals surface area contributed by atoms with Gasteiger partial charge in [0.05, 0.1) is 17.6 Å². The van der Waals surface area contributed by atoms with E-state index in [9.17, 15) is 33.2 Å². The normalized spacial score (nSPS) is 27.5. The summed E-state index contributed by atoms with van der Waals surface area (Å²) < 4.78 is 45.4. The van der Waals surface area contributed by atoms with Crippen LogP contribution in [0, 0.1) is 22.0 Å². The standard InChI is InChI=1S/C35H32F3N3O5/c1-39(29(43)14-9-23-7-11-25(12-8-23)35(36,37)38)26-15-17-34(41(44)45)28-21-24-10-13-27(42)31-30(24)33(34,32(26)46-31)18-20-40(28)19-16-22-5-3-2-4-6-22/h2-8,10-13,26,28,32,42H,15-21H2,1H3/t26-,28+,32-,33-,34+/m0/s1. The van der Waals surface area contributed by atoms with Crippen molar-refractivity contribution < 1.29 is 32.7 Å². The first-order valence-corrected chi connectivity index (χ1v) is 15.4. The molecular formula is C35H32F3N3O5. The van der Waals surface area contributed by atoms with Gasteiger partial charge in [0, 0.05) is 42.0 Å². The lowest BCUT2D eigenvalue weighted by Crippen LogP contribution is -2.80. The van der Waals surface area contributed by atoms with Crippen LogP contribution in [0.25, 0.3) is 0 Å². The molecule has 8 nitrogen and oxygen atoms in total. The number of amides is 1. The van der Waals surface area contributed by atoms with Crippen LogP contribution >= 0.6 is 0 Å². The van der Waals surface area contributed by atoms with Crippen LogP contribution < -0.4 is 4.74 Å². The van der Waals surface area contributed by atoms with Crippen molar-refractivity contribution in [2.24, 2.45) is 0 Å². The van der Waals surface area contributed by atoms with E-state index in [0.29, 0.717) is 31.5 Å². The van der Waals surface area contributed by atoms with E-state index in [0.717, 1.165) is 29.7 Å². The number of alkyl halides is 3. The van der Waals surface area contributed by atoms with Crippen molar-refractivity contribution in [3.8, 4) is 23.3 Å². The first-order chi connectivity index (χ1) is 22.0. The molecule has 1 N–H and O–H groups in total. The number of halogens is 3. The molecule has 3 aromatic rings. The predicted molar refractivity (Wildman–Crippen MR) is 162 cm³/mol. The van der Waals surface area contributed by atoms with Crippen LogP contribution in [0.5, 0.6) is 11.5 Å². The molecule has 0 unspecified atom stereocenters. The summed E-state index contributed by atoms with van der Waals surface area (Å²) in [6.45, 7) is 1.26. The van der Waals surface area contributed by atoms with Crippen LogP contribution in [0.2, 0.25) is 0 Å². The summed E-state index contributed by atoms with van der Waals surface area (Å²) in [5, 5.41) is 24.4. The monoisotopic (exact) mass is 631 g/mol. The average molecular weight is 632 g/mol. The molecule has 46 heavy (non-hydrogen) atoms. The number of aromatic hydroxyl groups is 1. The molecule has 7 rings (SSSR count). The molecule has 1 saturated heterocycles. The second-order valence-electron chi connectivity index (χ2n) is 12.7. The molecule has 2 fully saturated rings. The van der Waals surface area contributed by atoms with Gasteiger partial charge in [0.25, 0.3) is 11.4 Å². The zero-order chi connectivity index (χ0) is 32.4. The van der Waals surface area contributed by atoms with Gasteiger partial charge >= 0.3 is 6.18 Å². The van der Waals surface area contributed by atoms with Crippen LogP contribution in [0.3, 0.4) is 0 Å². The Morgan fingerprint density at radius 2 is 1.87 bits per heavy atom. The molecule has 1 saturated carbocycles. The molecule has 4 aliphatic rings. The van der Waals surface area contributed by atoms with E-state index in [-0.39, 0.29) is 34.8 Å². The van der Waals surface area contributed by atoms with E-state index in [1.807, 2.05) is 24.3 Å². The maximum atomic E-state index is 13.4. The Labute approximate surface area is 263 Å². The van der Waals surface area contributed by atoms with Crippen LogP contribution in [0.15, 0.2) is 66.7 Å². The minimum Gasteiger partial charge on any atom is -0.504 e. The number of carbonyl (C=O) groups excluding carboxylic acids is 1. The molecule has 2 aliphatic carbocycles. The molecule has 11 heteroatoms. The highest BCUT2D eigenvalue weighted by Crippen LogP contribution is 2.66. The first kappa shape index (κ1) is 30.1. The highest BCUT2D eigenvalue weighted by Gasteiger charge is 2.80. The van der Waals surface area contributed by atoms with Crippen molar-refractivity contribution in [2.75, 3.05) is 20.1 Å². The van der Waals surface area contributed by atoms with Gasteiger partial charge in [-0.2, -0.15) is 13.2 Å². The quantitative estimate of drug-likeness (QED) is 0.243. The van der Waals surface area contributed by atoms with E-state index >= 15 is 0 Å². The maximum Gasteiger partial charge on any atom is 0.416 e. The Bertz CT molecular complexity index is 1770. The zero-order valence-electron chi connectivity index (χ0n) is 25.1. The van der Waals surface area contributed by atoms with E-state index in [2.05, 4.69) is 28.9 Å². The topological polar surface area (TPSA) is 96.2 Å². The number of benzene rings is 3. The summed E-state index contributed by atoms with van der Waals surface area (Å²) in [5.41, 5.74) is -0.274. The number of phenolic OH excluding ortho intramolecular Hbond substituents is 1. The lowest BCUT2D eigenvalue weighted by Gasteiger charge is -2.61. The fourth-order valence-corrected chi connectivity index (χ4v) is 8.67. The third kappa shape index (κ3) is 4.37. The molecule has 5 atom stereocenters. The van der Waals surface area contributed by atoms with E-state index < -0.39 is 46.8 Å². The number of likely N-dealkylation sites (tertiary alicyclic amines) is 1. The lowest BCUT2D eigenvalue weighted by molar-refractivity contribution is -0.606. The molecular weight excluding hydrogens is 599 g/mol. The fraction of sp³-hybridized carbons (Fsp3) is 0.400. The lowest BCUT2D eigenvalue weighted by atomic mass is 9.46. The molecule has 3 aromatic carbocycles. The summed E-state index contributed by atoms with van der Waals surface area (Å²) in [6, 6.07) is 16.7. The van der Waals surface area contributed by atoms with Gasteiger partial charge in [-0.1, -0.05) is 42.3 Å². The van der Waals surface area contributed by atoms with Crippen LogP contribution in [0.4, 0.5) is 13.2 Å². The smallest absolute Gasteiger partial charge is 0.416 e. The van der Waals surface area contributed by atoms with Crippen molar-refractivity contribution >= 4 is 5.91 Å². The van der Waals surface area contributed by atoms with Gasteiger partial charge in [0.15, 0.2) is 11.5 Å². The molecule has 1 amide bonds. The number of rotatable bonds is 5. The first-order valence-electron chi connectivity index (χ1n) is 15.4. The summed E-state index contributed by atoms with van der Waals surface area (Å²) in [7, 11) is 1.58. The molecule has 0 radical (unpaired) electrons. The van der Waals surface area contributed by atoms with Gasteiger partial charge in [0.1, 0.15) is 11.5 Å². The highest BCUT2D eigenvalue weighted by molar-refractivity contribution is 5.94. The Morgan fingerprint density at radius 1 is 1.13 bits per heavy atom. The third-order valence-electron chi connectivity index (χ3n) is 10.7. The second-order valence-corrected chi connectivity index (χ2v) is 12.7. The molecule has 2 heterocycles. The number of carbonyl (C=O) groups is 1. The maximum absolute atomic E-state index is 13.4. The number of hydrogen-bond donors (Lipinski definition) is 1. The Kier molecular flexibility index (Phi) is 7.05. The SMILES string of the molecule is CN(C(=O)C#Cc1ccc(C(F)(F)F)cc1)[C@H]1CC[C@@]2([N+](=O)[O-])[C@H]3Cc4ccc(O)c5c4[C@@]2(CCN3CCc2ccccc2)[C@H]1O5. The van der Waals surface area contributed by atoms with Gasteiger partial charge in [-0.25, -0.2) is 0 Å². The van der Waals surface area contributed by atoms with Gasteiger partial charge in [0.2, 0.25) is 0 Å². The van der Waals surface area contributed by atoms with Crippen molar-refractivity contribution in [3.63, 3.8) is 0 Å². The summed E-state index contributed by atoms with van der Waals surface area (Å²) >= 11 is 0. The van der Waals surface area contributed by atoms with E-state index in [1.54, 1.807) is 13.1 Å². The number of nitro groups is 1. The number of hydrogen-bond acceptors (Lipinski definition) is 6. The Hall–Kier alpha value is -4.56. The number of likely N-dealkylation sites (N-methyl/N-ethyl adjacent to an activating group) is 1. The predicted octanol–water partition coefficient (Wildman–Crippen LogP) is 4.97. The molecule has 0 aromatic heterocycles. The molecule has 2 aliphatic heterocycles. The second kappa shape index (κ2) is 10.8. The fourth-order valence-electron chi connectivity index (χ4n) is 8.67. The molecule has 238 valence electrons. The van der Waals surface area contributed by atoms with Crippen molar-refractivity contribution in [2.45, 2.75) is 67.4 Å². The Balaban J connectivity index is 1.23. The molecule has 1 spiro atoms. The summed E-state index contributed by atoms with van der Waals surface area (Å²) in [5.74, 6) is 4.79. The minimum atomic E-state index is -4.48. The van der Waals surface area contributed by atoms with E-state index in [1.165, 1.54) is 17.0 Å². The average Bonchev–Trinajstić information content (AvgIpc) is 3.39. The third-order valence-corrected chi connectivity index (χ3v) is 10.7. The molecule has 2 bridgehead atoms. The largest absolute Gasteiger partial charge is 0.504 e. The summed E-state index contributed by atoms with van der Waals surface area (Å²) in [4.78, 5) is 30.4. The van der Waals surface area contributed by atoms with Gasteiger partial charge in [-0.15, -0.1) is 0 Å². The number of nitrogens with zero attached hydrogens (tertiary/aromatic N) is 3. The van der Waals surface area contributed by atoms with Crippen LogP contribution in [-0.4, -0.2) is 69.6 Å². The number of phenols is 1. The van der Waals surface area contributed by atoms with Crippen LogP contribution in [0.1, 0.15) is 47.1 Å². The van der Waals surface area contributed by atoms with E-state index in [4.69, 9.17) is 4.74 Å². The number of piperidine rings is 1. The van der Waals surface area contributed by atoms with Crippen molar-refractivity contribution in [3.05, 3.63) is 105 Å². The van der Waals surface area contributed by atoms with Crippen molar-refractivity contribution in [1.82, 2.24) is 9.80 Å².